The quantitative estimate of drug-likeness (QED) is 0.391. The van der Waals surface area contributed by atoms with E-state index in [0.29, 0.717) is 33.3 Å². The number of pyridine rings is 1. The van der Waals surface area contributed by atoms with Crippen LogP contribution in [0.2, 0.25) is 5.02 Å². The van der Waals surface area contributed by atoms with Crippen molar-refractivity contribution in [2.45, 2.75) is 26.2 Å². The monoisotopic (exact) mass is 445 g/mol. The van der Waals surface area contributed by atoms with E-state index < -0.39 is 0 Å². The third-order valence-corrected chi connectivity index (χ3v) is 5.42. The molecule has 0 spiro atoms. The first-order valence-electron chi connectivity index (χ1n) is 10.3. The maximum absolute atomic E-state index is 13.6. The number of halogens is 1. The fourth-order valence-corrected chi connectivity index (χ4v) is 3.62. The van der Waals surface area contributed by atoms with E-state index in [2.05, 4.69) is 31.8 Å². The van der Waals surface area contributed by atoms with E-state index in [1.54, 1.807) is 42.0 Å². The highest BCUT2D eigenvalue weighted by Crippen LogP contribution is 2.25. The molecule has 4 rings (SSSR count). The van der Waals surface area contributed by atoms with Crippen LogP contribution in [-0.4, -0.2) is 21.6 Å². The number of fused-ring (bicyclic) bond motifs is 1. The Kier molecular flexibility index (Phi) is 5.85. The molecule has 0 unspecified atom stereocenters. The summed E-state index contributed by atoms with van der Waals surface area (Å²) in [5.74, 6) is 1.02. The maximum Gasteiger partial charge on any atom is 0.266 e. The second-order valence-corrected chi connectivity index (χ2v) is 8.95. The van der Waals surface area contributed by atoms with Gasteiger partial charge in [-0.1, -0.05) is 50.6 Å². The predicted molar refractivity (Wildman–Crippen MR) is 131 cm³/mol. The van der Waals surface area contributed by atoms with Crippen LogP contribution in [0.1, 0.15) is 37.9 Å². The molecule has 4 aromatic rings. The van der Waals surface area contributed by atoms with Gasteiger partial charge in [-0.25, -0.2) is 9.97 Å². The van der Waals surface area contributed by atoms with Crippen molar-refractivity contribution in [3.05, 3.63) is 93.1 Å². The Morgan fingerprint density at radius 2 is 1.75 bits per heavy atom. The number of aromatic nitrogens is 3. The lowest BCUT2D eigenvalue weighted by molar-refractivity contribution is 0.397. The lowest BCUT2D eigenvalue weighted by Crippen LogP contribution is -2.23. The molecule has 6 heteroatoms. The van der Waals surface area contributed by atoms with Crippen LogP contribution in [-0.2, 0) is 5.41 Å². The Bertz CT molecular complexity index is 1380. The van der Waals surface area contributed by atoms with Gasteiger partial charge in [0, 0.05) is 11.1 Å². The van der Waals surface area contributed by atoms with Crippen molar-refractivity contribution in [1.29, 1.82) is 0 Å². The fraction of sp³-hybridized carbons (Fsp3) is 0.192. The van der Waals surface area contributed by atoms with Gasteiger partial charge in [0.05, 0.1) is 29.4 Å². The predicted octanol–water partition coefficient (Wildman–Crippen LogP) is 5.91. The Labute approximate surface area is 192 Å². The van der Waals surface area contributed by atoms with Gasteiger partial charge in [-0.05, 0) is 59.5 Å². The van der Waals surface area contributed by atoms with Crippen molar-refractivity contribution in [2.75, 3.05) is 7.11 Å². The van der Waals surface area contributed by atoms with Gasteiger partial charge in [0.2, 0.25) is 5.88 Å². The van der Waals surface area contributed by atoms with Crippen molar-refractivity contribution >= 4 is 34.7 Å². The third kappa shape index (κ3) is 4.43. The largest absolute Gasteiger partial charge is 0.481 e. The van der Waals surface area contributed by atoms with Crippen LogP contribution in [0.15, 0.2) is 65.5 Å². The minimum absolute atomic E-state index is 0.0618. The molecule has 162 valence electrons. The highest BCUT2D eigenvalue weighted by Gasteiger charge is 2.17. The van der Waals surface area contributed by atoms with Crippen LogP contribution >= 0.6 is 11.6 Å². The molecular weight excluding hydrogens is 422 g/mol. The zero-order valence-electron chi connectivity index (χ0n) is 18.5. The molecule has 0 aliphatic rings. The topological polar surface area (TPSA) is 57.0 Å². The van der Waals surface area contributed by atoms with E-state index in [1.807, 2.05) is 36.4 Å². The number of hydrogen-bond donors (Lipinski definition) is 0. The molecule has 2 aromatic carbocycles. The summed E-state index contributed by atoms with van der Waals surface area (Å²) in [4.78, 5) is 22.7. The van der Waals surface area contributed by atoms with Gasteiger partial charge in [0.25, 0.3) is 5.56 Å². The van der Waals surface area contributed by atoms with Gasteiger partial charge in [-0.2, -0.15) is 0 Å². The lowest BCUT2D eigenvalue weighted by atomic mass is 9.87. The number of methoxy groups -OCH3 is 1. The molecule has 2 aromatic heterocycles. The van der Waals surface area contributed by atoms with Gasteiger partial charge in [0.15, 0.2) is 0 Å². The average Bonchev–Trinajstić information content (AvgIpc) is 2.78. The summed E-state index contributed by atoms with van der Waals surface area (Å²) in [6.45, 7) is 6.42. The van der Waals surface area contributed by atoms with E-state index in [-0.39, 0.29) is 11.0 Å². The van der Waals surface area contributed by atoms with Crippen molar-refractivity contribution in [2.24, 2.45) is 0 Å². The molecule has 2 heterocycles. The Morgan fingerprint density at radius 3 is 2.50 bits per heavy atom. The molecule has 0 radical (unpaired) electrons. The molecule has 0 fully saturated rings. The molecule has 0 saturated carbocycles. The smallest absolute Gasteiger partial charge is 0.266 e. The zero-order valence-corrected chi connectivity index (χ0v) is 19.2. The fourth-order valence-electron chi connectivity index (χ4n) is 3.45. The van der Waals surface area contributed by atoms with Crippen molar-refractivity contribution in [1.82, 2.24) is 14.5 Å². The van der Waals surface area contributed by atoms with Gasteiger partial charge in [-0.15, -0.1) is 0 Å². The number of hydrogen-bond acceptors (Lipinski definition) is 4. The standard InChI is InChI=1S/C26H24ClN3O2/c1-26(2,3)17-7-5-9-20(15-17)30-23(14-12-19-8-6-10-24(28-19)32-4)29-22-13-11-18(27)16-21(22)25(30)31/h5-16H,1-4H3/b14-12+. The Morgan fingerprint density at radius 1 is 0.969 bits per heavy atom. The molecule has 0 bridgehead atoms. The van der Waals surface area contributed by atoms with Crippen LogP contribution in [0.5, 0.6) is 5.88 Å². The summed E-state index contributed by atoms with van der Waals surface area (Å²) in [5.41, 5.74) is 2.91. The van der Waals surface area contributed by atoms with Crippen molar-refractivity contribution < 1.29 is 4.74 Å². The number of nitrogens with zero attached hydrogens (tertiary/aromatic N) is 3. The molecule has 0 aliphatic carbocycles. The van der Waals surface area contributed by atoms with Crippen LogP contribution in [0.25, 0.3) is 28.7 Å². The first-order valence-corrected chi connectivity index (χ1v) is 10.7. The summed E-state index contributed by atoms with van der Waals surface area (Å²) in [6.07, 6.45) is 3.61. The van der Waals surface area contributed by atoms with Gasteiger partial charge in [-0.3, -0.25) is 9.36 Å². The third-order valence-electron chi connectivity index (χ3n) is 5.18. The second-order valence-electron chi connectivity index (χ2n) is 8.51. The highest BCUT2D eigenvalue weighted by atomic mass is 35.5. The lowest BCUT2D eigenvalue weighted by Gasteiger charge is -2.20. The summed E-state index contributed by atoms with van der Waals surface area (Å²) >= 11 is 6.17. The van der Waals surface area contributed by atoms with Crippen molar-refractivity contribution in [3.63, 3.8) is 0 Å². The highest BCUT2D eigenvalue weighted by molar-refractivity contribution is 6.31. The Balaban J connectivity index is 1.95. The summed E-state index contributed by atoms with van der Waals surface area (Å²) in [7, 11) is 1.58. The molecule has 32 heavy (non-hydrogen) atoms. The van der Waals surface area contributed by atoms with E-state index in [9.17, 15) is 4.79 Å². The van der Waals surface area contributed by atoms with Crippen LogP contribution < -0.4 is 10.3 Å². The van der Waals surface area contributed by atoms with E-state index in [0.717, 1.165) is 11.3 Å². The normalized spacial score (nSPS) is 11.9. The molecule has 0 atom stereocenters. The van der Waals surface area contributed by atoms with Crippen molar-refractivity contribution in [3.8, 4) is 11.6 Å². The number of benzene rings is 2. The van der Waals surface area contributed by atoms with E-state index in [4.69, 9.17) is 21.3 Å². The first kappa shape index (κ1) is 21.8. The summed E-state index contributed by atoms with van der Waals surface area (Å²) in [6, 6.07) is 18.6. The average molecular weight is 446 g/mol. The summed E-state index contributed by atoms with van der Waals surface area (Å²) in [5, 5.41) is 0.964. The van der Waals surface area contributed by atoms with E-state index >= 15 is 0 Å². The van der Waals surface area contributed by atoms with Crippen LogP contribution in [0.3, 0.4) is 0 Å². The first-order chi connectivity index (χ1) is 15.3. The number of rotatable bonds is 4. The summed E-state index contributed by atoms with van der Waals surface area (Å²) < 4.78 is 6.82. The molecule has 0 aliphatic heterocycles. The van der Waals surface area contributed by atoms with Crippen LogP contribution in [0.4, 0.5) is 0 Å². The van der Waals surface area contributed by atoms with Gasteiger partial charge >= 0.3 is 0 Å². The maximum atomic E-state index is 13.6. The van der Waals surface area contributed by atoms with Gasteiger partial charge in [0.1, 0.15) is 5.82 Å². The minimum Gasteiger partial charge on any atom is -0.481 e. The SMILES string of the molecule is COc1cccc(/C=C/c2nc3ccc(Cl)cc3c(=O)n2-c2cccc(C(C)(C)C)c2)n1. The molecule has 0 N–H and O–H groups in total. The zero-order chi connectivity index (χ0) is 22.9. The van der Waals surface area contributed by atoms with E-state index in [1.165, 1.54) is 0 Å². The minimum atomic E-state index is -0.179. The molecular formula is C26H24ClN3O2. The molecule has 5 nitrogen and oxygen atoms in total. The molecule has 0 amide bonds. The Hall–Kier alpha value is -3.44. The van der Waals surface area contributed by atoms with Crippen LogP contribution in [0, 0.1) is 0 Å². The molecule has 0 saturated heterocycles. The second kappa shape index (κ2) is 8.60. The van der Waals surface area contributed by atoms with Gasteiger partial charge < -0.3 is 4.74 Å². The number of ether oxygens (including phenoxy) is 1.